The van der Waals surface area contributed by atoms with E-state index in [1.165, 1.54) is 5.56 Å². The lowest BCUT2D eigenvalue weighted by atomic mass is 9.98. The number of sulfone groups is 1. The molecule has 2 heterocycles. The number of nitrogens with one attached hydrogen (secondary N) is 1. The molecule has 1 saturated heterocycles. The third-order valence-electron chi connectivity index (χ3n) is 4.13. The second-order valence-corrected chi connectivity index (χ2v) is 9.18. The highest BCUT2D eigenvalue weighted by atomic mass is 32.2. The predicted molar refractivity (Wildman–Crippen MR) is 85.2 cm³/mol. The topological polar surface area (TPSA) is 64.0 Å². The van der Waals surface area contributed by atoms with Crippen molar-refractivity contribution in [2.24, 2.45) is 0 Å². The van der Waals surface area contributed by atoms with Gasteiger partial charge in [-0.05, 0) is 19.3 Å². The minimum atomic E-state index is -2.94. The summed E-state index contributed by atoms with van der Waals surface area (Å²) in [5.74, 6) is 0.774. The van der Waals surface area contributed by atoms with Crippen molar-refractivity contribution >= 4 is 9.84 Å². The Morgan fingerprint density at radius 2 is 2.05 bits per heavy atom. The summed E-state index contributed by atoms with van der Waals surface area (Å²) >= 11 is 0. The lowest BCUT2D eigenvalue weighted by Gasteiger charge is -2.27. The largest absolute Gasteiger partial charge is 0.310 e. The molecule has 21 heavy (non-hydrogen) atoms. The summed E-state index contributed by atoms with van der Waals surface area (Å²) in [6.07, 6.45) is 2.54. The van der Waals surface area contributed by atoms with Gasteiger partial charge in [0.15, 0.2) is 9.84 Å². The second-order valence-electron chi connectivity index (χ2n) is 7.00. The lowest BCUT2D eigenvalue weighted by Crippen LogP contribution is -2.34. The molecule has 0 radical (unpaired) electrons. The molecule has 0 saturated carbocycles. The number of aromatic nitrogens is 2. The van der Waals surface area contributed by atoms with E-state index in [1.807, 2.05) is 17.8 Å². The van der Waals surface area contributed by atoms with Gasteiger partial charge in [-0.3, -0.25) is 4.68 Å². The van der Waals surface area contributed by atoms with Crippen molar-refractivity contribution in [3.8, 4) is 0 Å². The van der Waals surface area contributed by atoms with Gasteiger partial charge in [0, 0.05) is 23.8 Å². The van der Waals surface area contributed by atoms with Gasteiger partial charge < -0.3 is 5.32 Å². The fourth-order valence-electron chi connectivity index (χ4n) is 3.05. The van der Waals surface area contributed by atoms with Gasteiger partial charge in [0.25, 0.3) is 0 Å². The summed E-state index contributed by atoms with van der Waals surface area (Å²) in [6, 6.07) is 0.413. The highest BCUT2D eigenvalue weighted by Gasteiger charge is 2.42. The first-order chi connectivity index (χ1) is 9.65. The van der Waals surface area contributed by atoms with Crippen LogP contribution in [0, 0.1) is 0 Å². The molecule has 2 rings (SSSR count). The Hall–Kier alpha value is -0.880. The molecule has 1 unspecified atom stereocenters. The van der Waals surface area contributed by atoms with E-state index in [1.54, 1.807) is 0 Å². The maximum Gasteiger partial charge on any atom is 0.152 e. The van der Waals surface area contributed by atoms with Crippen LogP contribution in [0.15, 0.2) is 6.20 Å². The van der Waals surface area contributed by atoms with E-state index < -0.39 is 15.4 Å². The van der Waals surface area contributed by atoms with Crippen LogP contribution in [0.1, 0.15) is 58.2 Å². The Morgan fingerprint density at radius 3 is 2.52 bits per heavy atom. The monoisotopic (exact) mass is 313 g/mol. The Labute approximate surface area is 128 Å². The Morgan fingerprint density at radius 1 is 1.38 bits per heavy atom. The SMILES string of the molecule is CC(C)NCc1cnn(C2(C)CCS(=O)(=O)C2)c1C(C)C. The molecule has 1 aliphatic rings. The average Bonchev–Trinajstić information content (AvgIpc) is 2.89. The molecule has 0 spiro atoms. The fourth-order valence-corrected chi connectivity index (χ4v) is 5.16. The quantitative estimate of drug-likeness (QED) is 0.903. The van der Waals surface area contributed by atoms with E-state index in [4.69, 9.17) is 0 Å². The summed E-state index contributed by atoms with van der Waals surface area (Å²) in [7, 11) is -2.94. The fraction of sp³-hybridized carbons (Fsp3) is 0.800. The van der Waals surface area contributed by atoms with Crippen LogP contribution in [0.5, 0.6) is 0 Å². The van der Waals surface area contributed by atoms with E-state index >= 15 is 0 Å². The average molecular weight is 313 g/mol. The van der Waals surface area contributed by atoms with Crippen LogP contribution in [0.4, 0.5) is 0 Å². The minimum Gasteiger partial charge on any atom is -0.310 e. The molecule has 1 N–H and O–H groups in total. The van der Waals surface area contributed by atoms with Crippen molar-refractivity contribution in [2.45, 2.75) is 65.1 Å². The van der Waals surface area contributed by atoms with Gasteiger partial charge in [0.05, 0.1) is 23.2 Å². The van der Waals surface area contributed by atoms with Crippen LogP contribution >= 0.6 is 0 Å². The van der Waals surface area contributed by atoms with Gasteiger partial charge >= 0.3 is 0 Å². The summed E-state index contributed by atoms with van der Waals surface area (Å²) in [5.41, 5.74) is 1.92. The summed E-state index contributed by atoms with van der Waals surface area (Å²) in [4.78, 5) is 0. The number of hydrogen-bond acceptors (Lipinski definition) is 4. The van der Waals surface area contributed by atoms with Crippen molar-refractivity contribution in [2.75, 3.05) is 11.5 Å². The Balaban J connectivity index is 2.36. The molecule has 1 atom stereocenters. The zero-order valence-corrected chi connectivity index (χ0v) is 14.5. The van der Waals surface area contributed by atoms with Crippen LogP contribution in [0.25, 0.3) is 0 Å². The predicted octanol–water partition coefficient (Wildman–Crippen LogP) is 2.04. The minimum absolute atomic E-state index is 0.193. The normalized spacial score (nSPS) is 25.1. The molecule has 1 aromatic heterocycles. The van der Waals surface area contributed by atoms with E-state index in [-0.39, 0.29) is 11.5 Å². The van der Waals surface area contributed by atoms with Crippen LogP contribution < -0.4 is 5.32 Å². The maximum atomic E-state index is 11.9. The lowest BCUT2D eigenvalue weighted by molar-refractivity contribution is 0.313. The van der Waals surface area contributed by atoms with Crippen LogP contribution in [-0.2, 0) is 21.9 Å². The molecule has 1 aromatic rings. The molecule has 0 bridgehead atoms. The smallest absolute Gasteiger partial charge is 0.152 e. The van der Waals surface area contributed by atoms with Crippen LogP contribution in [0.3, 0.4) is 0 Å². The van der Waals surface area contributed by atoms with Crippen molar-refractivity contribution in [1.29, 1.82) is 0 Å². The first kappa shape index (κ1) is 16.5. The highest BCUT2D eigenvalue weighted by molar-refractivity contribution is 7.91. The third-order valence-corrected chi connectivity index (χ3v) is 6.02. The molecule has 0 aromatic carbocycles. The van der Waals surface area contributed by atoms with Gasteiger partial charge in [0.1, 0.15) is 0 Å². The summed E-state index contributed by atoms with van der Waals surface area (Å²) < 4.78 is 25.7. The molecule has 6 heteroatoms. The molecule has 120 valence electrons. The van der Waals surface area contributed by atoms with Crippen LogP contribution in [0.2, 0.25) is 0 Å². The standard InChI is InChI=1S/C15H27N3O2S/c1-11(2)14-13(8-16-12(3)4)9-17-18(14)15(5)6-7-21(19,20)10-15/h9,11-12,16H,6-8,10H2,1-5H3. The summed E-state index contributed by atoms with van der Waals surface area (Å²) in [5, 5.41) is 7.97. The second kappa shape index (κ2) is 5.72. The van der Waals surface area contributed by atoms with E-state index in [0.29, 0.717) is 18.4 Å². The Kier molecular flexibility index (Phi) is 4.49. The first-order valence-electron chi connectivity index (χ1n) is 7.66. The van der Waals surface area contributed by atoms with Crippen molar-refractivity contribution in [3.63, 3.8) is 0 Å². The van der Waals surface area contributed by atoms with E-state index in [2.05, 4.69) is 38.1 Å². The molecule has 1 fully saturated rings. The van der Waals surface area contributed by atoms with E-state index in [9.17, 15) is 8.42 Å². The van der Waals surface area contributed by atoms with Gasteiger partial charge in [-0.2, -0.15) is 5.10 Å². The van der Waals surface area contributed by atoms with Gasteiger partial charge in [-0.15, -0.1) is 0 Å². The highest BCUT2D eigenvalue weighted by Crippen LogP contribution is 2.34. The van der Waals surface area contributed by atoms with Gasteiger partial charge in [-0.1, -0.05) is 27.7 Å². The maximum absolute atomic E-state index is 11.9. The number of rotatable bonds is 5. The molecule has 5 nitrogen and oxygen atoms in total. The molecular formula is C15H27N3O2S. The van der Waals surface area contributed by atoms with E-state index in [0.717, 1.165) is 12.2 Å². The van der Waals surface area contributed by atoms with Crippen LogP contribution in [-0.4, -0.2) is 35.7 Å². The van der Waals surface area contributed by atoms with Crippen molar-refractivity contribution in [3.05, 3.63) is 17.5 Å². The molecule has 0 amide bonds. The first-order valence-corrected chi connectivity index (χ1v) is 9.48. The van der Waals surface area contributed by atoms with Crippen molar-refractivity contribution in [1.82, 2.24) is 15.1 Å². The third kappa shape index (κ3) is 3.48. The van der Waals surface area contributed by atoms with Gasteiger partial charge in [-0.25, -0.2) is 8.42 Å². The number of hydrogen-bond donors (Lipinski definition) is 1. The summed E-state index contributed by atoms with van der Waals surface area (Å²) in [6.45, 7) is 11.3. The zero-order valence-electron chi connectivity index (χ0n) is 13.7. The number of nitrogens with zero attached hydrogens (tertiary/aromatic N) is 2. The molecule has 0 aliphatic carbocycles. The molecule has 1 aliphatic heterocycles. The molecular weight excluding hydrogens is 286 g/mol. The zero-order chi connectivity index (χ0) is 15.8. The van der Waals surface area contributed by atoms with Gasteiger partial charge in [0.2, 0.25) is 0 Å². The Bertz CT molecular complexity index is 604. The van der Waals surface area contributed by atoms with Crippen molar-refractivity contribution < 1.29 is 8.42 Å².